The van der Waals surface area contributed by atoms with E-state index in [0.29, 0.717) is 6.42 Å². The van der Waals surface area contributed by atoms with Gasteiger partial charge in [-0.05, 0) is 41.8 Å². The highest BCUT2D eigenvalue weighted by Gasteiger charge is 2.17. The van der Waals surface area contributed by atoms with E-state index in [1.54, 1.807) is 6.07 Å². The van der Waals surface area contributed by atoms with Crippen LogP contribution in [0.3, 0.4) is 0 Å². The van der Waals surface area contributed by atoms with Crippen molar-refractivity contribution in [2.45, 2.75) is 26.3 Å². The van der Waals surface area contributed by atoms with Crippen molar-refractivity contribution in [3.05, 3.63) is 77.4 Å². The molecule has 0 aromatic heterocycles. The lowest BCUT2D eigenvalue weighted by molar-refractivity contribution is -0.125. The largest absolute Gasteiger partial charge is 0.507 e. The number of hydrogen-bond acceptors (Lipinski definition) is 4. The molecule has 3 aromatic rings. The Kier molecular flexibility index (Phi) is 5.94. The highest BCUT2D eigenvalue weighted by atomic mass is 16.5. The molecule has 5 heteroatoms. The first kappa shape index (κ1) is 19.4. The Hall–Kier alpha value is -3.34. The van der Waals surface area contributed by atoms with Gasteiger partial charge >= 0.3 is 5.97 Å². The molecule has 1 atom stereocenters. The molecule has 5 nitrogen and oxygen atoms in total. The average Bonchev–Trinajstić information content (AvgIpc) is 2.70. The topological polar surface area (TPSA) is 75.6 Å². The second-order valence-electron chi connectivity index (χ2n) is 6.73. The summed E-state index contributed by atoms with van der Waals surface area (Å²) < 4.78 is 5.11. The lowest BCUT2D eigenvalue weighted by Crippen LogP contribution is -2.32. The maximum atomic E-state index is 12.3. The zero-order valence-electron chi connectivity index (χ0n) is 15.9. The summed E-state index contributed by atoms with van der Waals surface area (Å²) in [6, 6.07) is 18.2. The molecule has 0 saturated carbocycles. The number of hydrogen-bond donors (Lipinski definition) is 2. The van der Waals surface area contributed by atoms with E-state index in [9.17, 15) is 14.7 Å². The van der Waals surface area contributed by atoms with Gasteiger partial charge in [0.25, 0.3) is 5.91 Å². The predicted octanol–water partition coefficient (Wildman–Crippen LogP) is 4.28. The minimum absolute atomic E-state index is 0.0390. The lowest BCUT2D eigenvalue weighted by Gasteiger charge is -2.17. The summed E-state index contributed by atoms with van der Waals surface area (Å²) in [5.41, 5.74) is 2.19. The van der Waals surface area contributed by atoms with E-state index < -0.39 is 12.6 Å². The van der Waals surface area contributed by atoms with Gasteiger partial charge in [-0.15, -0.1) is 0 Å². The SMILES string of the molecule is CC[C@H](NC(=O)COC(=O)c1cc2ccccc2cc1O)c1ccc(C)cc1. The van der Waals surface area contributed by atoms with Crippen LogP contribution in [0, 0.1) is 6.92 Å². The number of phenols is 1. The molecule has 0 radical (unpaired) electrons. The zero-order valence-corrected chi connectivity index (χ0v) is 15.9. The fourth-order valence-corrected chi connectivity index (χ4v) is 3.06. The highest BCUT2D eigenvalue weighted by molar-refractivity contribution is 5.99. The van der Waals surface area contributed by atoms with Crippen LogP contribution in [0.1, 0.15) is 40.9 Å². The maximum Gasteiger partial charge on any atom is 0.342 e. The van der Waals surface area contributed by atoms with Gasteiger partial charge in [0.2, 0.25) is 0 Å². The minimum Gasteiger partial charge on any atom is -0.507 e. The number of rotatable bonds is 6. The summed E-state index contributed by atoms with van der Waals surface area (Å²) in [5, 5.41) is 14.6. The summed E-state index contributed by atoms with van der Waals surface area (Å²) in [6.45, 7) is 3.57. The highest BCUT2D eigenvalue weighted by Crippen LogP contribution is 2.25. The molecule has 0 heterocycles. The Morgan fingerprint density at radius 1 is 1.04 bits per heavy atom. The molecule has 0 spiro atoms. The van der Waals surface area contributed by atoms with Gasteiger partial charge in [0.05, 0.1) is 6.04 Å². The Morgan fingerprint density at radius 2 is 1.68 bits per heavy atom. The molecular weight excluding hydrogens is 354 g/mol. The number of benzene rings is 3. The molecule has 0 aliphatic heterocycles. The van der Waals surface area contributed by atoms with Gasteiger partial charge in [-0.25, -0.2) is 4.79 Å². The predicted molar refractivity (Wildman–Crippen MR) is 108 cm³/mol. The number of phenolic OH excluding ortho intramolecular Hbond substituents is 1. The minimum atomic E-state index is -0.734. The number of fused-ring (bicyclic) bond motifs is 1. The molecular formula is C23H23NO4. The number of carbonyl (C=O) groups excluding carboxylic acids is 2. The van der Waals surface area contributed by atoms with Gasteiger partial charge < -0.3 is 15.2 Å². The van der Waals surface area contributed by atoms with Gasteiger partial charge in [-0.2, -0.15) is 0 Å². The smallest absolute Gasteiger partial charge is 0.342 e. The molecule has 0 bridgehead atoms. The summed E-state index contributed by atoms with van der Waals surface area (Å²) in [5.74, 6) is -1.29. The van der Waals surface area contributed by atoms with E-state index in [-0.39, 0.29) is 23.3 Å². The molecule has 3 rings (SSSR count). The number of carbonyl (C=O) groups is 2. The van der Waals surface area contributed by atoms with Crippen molar-refractivity contribution in [1.82, 2.24) is 5.32 Å². The van der Waals surface area contributed by atoms with Gasteiger partial charge in [0.15, 0.2) is 6.61 Å². The van der Waals surface area contributed by atoms with Crippen molar-refractivity contribution in [3.8, 4) is 5.75 Å². The average molecular weight is 377 g/mol. The number of aryl methyl sites for hydroxylation is 1. The maximum absolute atomic E-state index is 12.3. The first-order valence-electron chi connectivity index (χ1n) is 9.22. The van der Waals surface area contributed by atoms with E-state index in [0.717, 1.165) is 21.9 Å². The number of esters is 1. The summed E-state index contributed by atoms with van der Waals surface area (Å²) in [6.07, 6.45) is 0.716. The van der Waals surface area contributed by atoms with Crippen LogP contribution >= 0.6 is 0 Å². The molecule has 1 amide bonds. The van der Waals surface area contributed by atoms with Crippen LogP contribution in [0.15, 0.2) is 60.7 Å². The molecule has 2 N–H and O–H groups in total. The number of amides is 1. The van der Waals surface area contributed by atoms with E-state index in [1.165, 1.54) is 6.07 Å². The third-order valence-corrected chi connectivity index (χ3v) is 4.64. The zero-order chi connectivity index (χ0) is 20.1. The Balaban J connectivity index is 1.63. The normalized spacial score (nSPS) is 11.8. The van der Waals surface area contributed by atoms with Crippen LogP contribution in [-0.2, 0) is 9.53 Å². The third-order valence-electron chi connectivity index (χ3n) is 4.64. The van der Waals surface area contributed by atoms with Crippen molar-refractivity contribution in [2.24, 2.45) is 0 Å². The van der Waals surface area contributed by atoms with E-state index in [1.807, 2.05) is 62.4 Å². The van der Waals surface area contributed by atoms with Crippen molar-refractivity contribution in [2.75, 3.05) is 6.61 Å². The van der Waals surface area contributed by atoms with E-state index >= 15 is 0 Å². The fourth-order valence-electron chi connectivity index (χ4n) is 3.06. The lowest BCUT2D eigenvalue weighted by atomic mass is 10.0. The number of nitrogens with one attached hydrogen (secondary N) is 1. The van der Waals surface area contributed by atoms with Gasteiger partial charge in [0.1, 0.15) is 11.3 Å². The standard InChI is InChI=1S/C23H23NO4/c1-3-20(16-10-8-15(2)9-11-16)24-22(26)14-28-23(27)19-12-17-6-4-5-7-18(17)13-21(19)25/h4-13,20,25H,3,14H2,1-2H3,(H,24,26)/t20-/m0/s1. The van der Waals surface area contributed by atoms with Crippen LogP contribution in [0.2, 0.25) is 0 Å². The second kappa shape index (κ2) is 8.57. The Labute approximate surface area is 164 Å². The first-order valence-corrected chi connectivity index (χ1v) is 9.22. The number of ether oxygens (including phenoxy) is 1. The van der Waals surface area contributed by atoms with Crippen LogP contribution in [-0.4, -0.2) is 23.6 Å². The van der Waals surface area contributed by atoms with Crippen LogP contribution in [0.4, 0.5) is 0 Å². The van der Waals surface area contributed by atoms with Gasteiger partial charge in [-0.3, -0.25) is 4.79 Å². The molecule has 0 aliphatic rings. The van der Waals surface area contributed by atoms with Crippen LogP contribution in [0.25, 0.3) is 10.8 Å². The Morgan fingerprint density at radius 3 is 2.32 bits per heavy atom. The second-order valence-corrected chi connectivity index (χ2v) is 6.73. The molecule has 144 valence electrons. The van der Waals surface area contributed by atoms with E-state index in [2.05, 4.69) is 5.32 Å². The molecule has 0 fully saturated rings. The molecule has 0 unspecified atom stereocenters. The molecule has 0 aliphatic carbocycles. The third kappa shape index (κ3) is 4.49. The molecule has 3 aromatic carbocycles. The van der Waals surface area contributed by atoms with Gasteiger partial charge in [-0.1, -0.05) is 61.0 Å². The summed E-state index contributed by atoms with van der Waals surface area (Å²) in [4.78, 5) is 24.5. The summed E-state index contributed by atoms with van der Waals surface area (Å²) in [7, 11) is 0. The quantitative estimate of drug-likeness (QED) is 0.629. The van der Waals surface area contributed by atoms with E-state index in [4.69, 9.17) is 4.74 Å². The van der Waals surface area contributed by atoms with Crippen molar-refractivity contribution in [1.29, 1.82) is 0 Å². The van der Waals surface area contributed by atoms with Crippen molar-refractivity contribution < 1.29 is 19.4 Å². The van der Waals surface area contributed by atoms with Gasteiger partial charge in [0, 0.05) is 0 Å². The van der Waals surface area contributed by atoms with Crippen LogP contribution < -0.4 is 5.32 Å². The first-order chi connectivity index (χ1) is 13.5. The van der Waals surface area contributed by atoms with Crippen LogP contribution in [0.5, 0.6) is 5.75 Å². The van der Waals surface area contributed by atoms with Crippen molar-refractivity contribution in [3.63, 3.8) is 0 Å². The molecule has 28 heavy (non-hydrogen) atoms. The number of aromatic hydroxyl groups is 1. The monoisotopic (exact) mass is 377 g/mol. The van der Waals surface area contributed by atoms with Crippen molar-refractivity contribution >= 4 is 22.6 Å². The fraction of sp³-hybridized carbons (Fsp3) is 0.217. The summed E-state index contributed by atoms with van der Waals surface area (Å²) >= 11 is 0. The molecule has 0 saturated heterocycles. The Bertz CT molecular complexity index is 995.